The summed E-state index contributed by atoms with van der Waals surface area (Å²) in [4.78, 5) is 72.7. The Bertz CT molecular complexity index is 1830. The summed E-state index contributed by atoms with van der Waals surface area (Å²) < 4.78 is 68.4. The van der Waals surface area contributed by atoms with Crippen LogP contribution in [0.25, 0.3) is 0 Å². The Hall–Kier alpha value is -1.94. The second-order valence-electron chi connectivity index (χ2n) is 28.6. The highest BCUT2D eigenvalue weighted by atomic mass is 31.2. The zero-order valence-corrected chi connectivity index (χ0v) is 62.7. The van der Waals surface area contributed by atoms with Crippen LogP contribution >= 0.6 is 15.6 Å². The second kappa shape index (κ2) is 63.5. The van der Waals surface area contributed by atoms with Crippen molar-refractivity contribution in [1.82, 2.24) is 0 Å². The molecule has 0 rings (SSSR count). The van der Waals surface area contributed by atoms with Gasteiger partial charge in [-0.15, -0.1) is 0 Å². The van der Waals surface area contributed by atoms with Gasteiger partial charge < -0.3 is 33.8 Å². The molecule has 0 aliphatic heterocycles. The molecule has 0 aliphatic rings. The van der Waals surface area contributed by atoms with Crippen molar-refractivity contribution in [3.63, 3.8) is 0 Å². The van der Waals surface area contributed by atoms with Gasteiger partial charge in [0.05, 0.1) is 26.4 Å². The first-order valence-corrected chi connectivity index (χ1v) is 41.2. The van der Waals surface area contributed by atoms with Crippen molar-refractivity contribution in [2.75, 3.05) is 39.6 Å². The standard InChI is InChI=1S/C74H144O17P2/c1-64(2)50-42-34-26-20-14-11-9-10-12-16-24-30-40-48-56-73(78)91-70(61-85-72(77)55-47-39-33-32-37-45-53-67(7)8)63-89-93(82,83)87-59-68(75)58-86-92(80,81)88-62-69(90-74(79)57-49-41-31-25-19-18-22-28-36-44-52-66(5)6)60-84-71(76)54-46-38-29-23-17-13-15-21-27-35-43-51-65(3)4/h64-70,75H,9-63H2,1-8H3,(H,80,81)(H,82,83)/t68?,69-,70-/m1/s1. The molecule has 0 aromatic rings. The molecule has 0 spiro atoms. The molecule has 93 heavy (non-hydrogen) atoms. The van der Waals surface area contributed by atoms with Gasteiger partial charge in [0.15, 0.2) is 12.2 Å². The van der Waals surface area contributed by atoms with E-state index in [1.165, 1.54) is 167 Å². The lowest BCUT2D eigenvalue weighted by molar-refractivity contribution is -0.161. The Morgan fingerprint density at radius 3 is 0.667 bits per heavy atom. The van der Waals surface area contributed by atoms with Crippen LogP contribution in [0.3, 0.4) is 0 Å². The van der Waals surface area contributed by atoms with E-state index in [1.807, 2.05) is 0 Å². The normalized spacial score (nSPS) is 14.2. The molecule has 3 unspecified atom stereocenters. The number of phosphoric acid groups is 2. The van der Waals surface area contributed by atoms with Gasteiger partial charge >= 0.3 is 39.5 Å². The maximum Gasteiger partial charge on any atom is 0.472 e. The number of rotatable bonds is 71. The summed E-state index contributed by atoms with van der Waals surface area (Å²) in [5.41, 5.74) is 0. The summed E-state index contributed by atoms with van der Waals surface area (Å²) in [7, 11) is -9.91. The zero-order chi connectivity index (χ0) is 68.9. The lowest BCUT2D eigenvalue weighted by Gasteiger charge is -2.21. The lowest BCUT2D eigenvalue weighted by Crippen LogP contribution is -2.30. The number of hydrogen-bond donors (Lipinski definition) is 3. The van der Waals surface area contributed by atoms with Crippen molar-refractivity contribution >= 4 is 39.5 Å². The van der Waals surface area contributed by atoms with Gasteiger partial charge in [-0.2, -0.15) is 0 Å². The predicted octanol–water partition coefficient (Wildman–Crippen LogP) is 21.3. The predicted molar refractivity (Wildman–Crippen MR) is 377 cm³/mol. The number of unbranched alkanes of at least 4 members (excludes halogenated alkanes) is 37. The van der Waals surface area contributed by atoms with Crippen LogP contribution in [-0.2, 0) is 65.4 Å². The molecular formula is C74H144O17P2. The van der Waals surface area contributed by atoms with Crippen LogP contribution < -0.4 is 0 Å². The largest absolute Gasteiger partial charge is 0.472 e. The molecule has 0 heterocycles. The van der Waals surface area contributed by atoms with Crippen LogP contribution in [0.4, 0.5) is 0 Å². The van der Waals surface area contributed by atoms with E-state index in [9.17, 15) is 43.2 Å². The van der Waals surface area contributed by atoms with Gasteiger partial charge in [-0.25, -0.2) is 9.13 Å². The highest BCUT2D eigenvalue weighted by molar-refractivity contribution is 7.47. The molecule has 0 saturated carbocycles. The first-order chi connectivity index (χ1) is 44.6. The summed E-state index contributed by atoms with van der Waals surface area (Å²) in [6.07, 6.45) is 47.3. The van der Waals surface area contributed by atoms with Gasteiger partial charge in [-0.1, -0.05) is 319 Å². The third kappa shape index (κ3) is 68.4. The van der Waals surface area contributed by atoms with Crippen LogP contribution in [0.15, 0.2) is 0 Å². The molecule has 0 fully saturated rings. The number of ether oxygens (including phenoxy) is 4. The number of aliphatic hydroxyl groups is 1. The zero-order valence-electron chi connectivity index (χ0n) is 60.9. The van der Waals surface area contributed by atoms with Crippen molar-refractivity contribution in [3.05, 3.63) is 0 Å². The van der Waals surface area contributed by atoms with Crippen LogP contribution in [0, 0.1) is 23.7 Å². The molecule has 0 saturated heterocycles. The molecule has 0 amide bonds. The Balaban J connectivity index is 5.23. The number of esters is 4. The van der Waals surface area contributed by atoms with Crippen LogP contribution in [0.2, 0.25) is 0 Å². The monoisotopic (exact) mass is 1370 g/mol. The van der Waals surface area contributed by atoms with E-state index >= 15 is 0 Å². The van der Waals surface area contributed by atoms with E-state index in [4.69, 9.17) is 37.0 Å². The van der Waals surface area contributed by atoms with Crippen molar-refractivity contribution in [2.24, 2.45) is 23.7 Å². The van der Waals surface area contributed by atoms with Crippen molar-refractivity contribution < 1.29 is 80.2 Å². The van der Waals surface area contributed by atoms with E-state index in [1.54, 1.807) is 0 Å². The first-order valence-electron chi connectivity index (χ1n) is 38.2. The number of hydrogen-bond acceptors (Lipinski definition) is 15. The summed E-state index contributed by atoms with van der Waals surface area (Å²) in [6, 6.07) is 0. The Morgan fingerprint density at radius 2 is 0.452 bits per heavy atom. The Morgan fingerprint density at radius 1 is 0.269 bits per heavy atom. The molecule has 0 aliphatic carbocycles. The minimum absolute atomic E-state index is 0.105. The fourth-order valence-electron chi connectivity index (χ4n) is 11.2. The molecule has 0 bridgehead atoms. The maximum absolute atomic E-state index is 13.0. The quantitative estimate of drug-likeness (QED) is 0.0222. The average Bonchev–Trinajstić information content (AvgIpc) is 1.71. The van der Waals surface area contributed by atoms with Gasteiger partial charge in [-0.05, 0) is 49.4 Å². The number of carbonyl (C=O) groups excluding carboxylic acids is 4. The minimum atomic E-state index is -4.96. The molecule has 0 aromatic carbocycles. The Kier molecular flexibility index (Phi) is 62.2. The fourth-order valence-corrected chi connectivity index (χ4v) is 12.8. The molecule has 552 valence electrons. The van der Waals surface area contributed by atoms with E-state index in [2.05, 4.69) is 55.4 Å². The van der Waals surface area contributed by atoms with Gasteiger partial charge in [0, 0.05) is 25.7 Å². The molecular weight excluding hydrogens is 1220 g/mol. The first kappa shape index (κ1) is 91.1. The topological polar surface area (TPSA) is 237 Å². The van der Waals surface area contributed by atoms with Crippen molar-refractivity contribution in [2.45, 2.75) is 388 Å². The van der Waals surface area contributed by atoms with Gasteiger partial charge in [-0.3, -0.25) is 37.3 Å². The SMILES string of the molecule is CC(C)CCCCCCCCCCCCCCCCC(=O)O[C@H](COC(=O)CCCCCCCCC(C)C)COP(=O)(O)OCC(O)COP(=O)(O)OC[C@@H](COC(=O)CCCCCCCCCCCCCC(C)C)OC(=O)CCCCCCCCCCCCC(C)C. The number of aliphatic hydroxyl groups excluding tert-OH is 1. The summed E-state index contributed by atoms with van der Waals surface area (Å²) >= 11 is 0. The third-order valence-corrected chi connectivity index (χ3v) is 19.0. The highest BCUT2D eigenvalue weighted by Crippen LogP contribution is 2.45. The van der Waals surface area contributed by atoms with E-state index in [-0.39, 0.29) is 25.7 Å². The summed E-state index contributed by atoms with van der Waals surface area (Å²) in [5.74, 6) is 0.873. The van der Waals surface area contributed by atoms with Crippen molar-refractivity contribution in [3.8, 4) is 0 Å². The molecule has 3 N–H and O–H groups in total. The maximum atomic E-state index is 13.0. The Labute approximate surface area is 568 Å². The minimum Gasteiger partial charge on any atom is -0.462 e. The lowest BCUT2D eigenvalue weighted by atomic mass is 10.0. The molecule has 17 nitrogen and oxygen atoms in total. The smallest absolute Gasteiger partial charge is 0.462 e. The summed E-state index contributed by atoms with van der Waals surface area (Å²) in [6.45, 7) is 14.1. The van der Waals surface area contributed by atoms with E-state index in [0.29, 0.717) is 31.6 Å². The number of phosphoric ester groups is 2. The summed E-state index contributed by atoms with van der Waals surface area (Å²) in [5, 5.41) is 10.6. The van der Waals surface area contributed by atoms with Crippen LogP contribution in [-0.4, -0.2) is 96.7 Å². The fraction of sp³-hybridized carbons (Fsp3) is 0.946. The second-order valence-corrected chi connectivity index (χ2v) is 31.5. The van der Waals surface area contributed by atoms with E-state index in [0.717, 1.165) is 114 Å². The van der Waals surface area contributed by atoms with Gasteiger partial charge in [0.2, 0.25) is 0 Å². The third-order valence-electron chi connectivity index (χ3n) is 17.1. The van der Waals surface area contributed by atoms with Gasteiger partial charge in [0.1, 0.15) is 19.3 Å². The van der Waals surface area contributed by atoms with Gasteiger partial charge in [0.25, 0.3) is 0 Å². The highest BCUT2D eigenvalue weighted by Gasteiger charge is 2.30. The average molecular weight is 1370 g/mol. The van der Waals surface area contributed by atoms with E-state index < -0.39 is 97.5 Å². The molecule has 19 heteroatoms. The number of carbonyl (C=O) groups is 4. The van der Waals surface area contributed by atoms with Crippen molar-refractivity contribution in [1.29, 1.82) is 0 Å². The van der Waals surface area contributed by atoms with Crippen LogP contribution in [0.1, 0.15) is 370 Å². The molecule has 5 atom stereocenters. The molecule has 0 radical (unpaired) electrons. The molecule has 0 aromatic heterocycles. The van der Waals surface area contributed by atoms with Crippen LogP contribution in [0.5, 0.6) is 0 Å².